The third kappa shape index (κ3) is 5.37. The van der Waals surface area contributed by atoms with E-state index in [1.807, 2.05) is 6.92 Å². The van der Waals surface area contributed by atoms with Crippen LogP contribution in [0, 0.1) is 17.2 Å². The highest BCUT2D eigenvalue weighted by Crippen LogP contribution is 2.18. The largest absolute Gasteiger partial charge is 0.303 e. The van der Waals surface area contributed by atoms with E-state index in [9.17, 15) is 5.26 Å². The van der Waals surface area contributed by atoms with Crippen LogP contribution in [0.2, 0.25) is 0 Å². The predicted octanol–water partition coefficient (Wildman–Crippen LogP) is 2.78. The topological polar surface area (TPSA) is 39.1 Å². The first-order chi connectivity index (χ1) is 8.45. The van der Waals surface area contributed by atoms with E-state index in [0.29, 0.717) is 6.04 Å². The van der Waals surface area contributed by atoms with Gasteiger partial charge in [0.1, 0.15) is 5.54 Å². The average molecular weight is 251 g/mol. The Morgan fingerprint density at radius 1 is 1.50 bits per heavy atom. The maximum absolute atomic E-state index is 9.29. The Kier molecular flexibility index (Phi) is 6.11. The minimum Gasteiger partial charge on any atom is -0.303 e. The minimum absolute atomic E-state index is 0.365. The number of likely N-dealkylation sites (tertiary alicyclic amines) is 1. The lowest BCUT2D eigenvalue weighted by atomic mass is 9.95. The summed E-state index contributed by atoms with van der Waals surface area (Å²) in [6.07, 6.45) is 4.76. The van der Waals surface area contributed by atoms with E-state index in [-0.39, 0.29) is 5.54 Å². The number of rotatable bonds is 6. The van der Waals surface area contributed by atoms with Crippen LogP contribution in [0.3, 0.4) is 0 Å². The molecule has 0 radical (unpaired) electrons. The second-order valence-electron chi connectivity index (χ2n) is 6.39. The van der Waals surface area contributed by atoms with E-state index in [1.54, 1.807) is 0 Å². The van der Waals surface area contributed by atoms with Crippen LogP contribution in [-0.4, -0.2) is 36.1 Å². The summed E-state index contributed by atoms with van der Waals surface area (Å²) in [5, 5.41) is 12.7. The average Bonchev–Trinajstić information content (AvgIpc) is 2.28. The normalized spacial score (nSPS) is 24.8. The van der Waals surface area contributed by atoms with E-state index < -0.39 is 0 Å². The Labute approximate surface area is 113 Å². The van der Waals surface area contributed by atoms with Gasteiger partial charge in [-0.3, -0.25) is 5.32 Å². The Balaban J connectivity index is 2.29. The van der Waals surface area contributed by atoms with Crippen LogP contribution in [0.25, 0.3) is 0 Å². The Bertz CT molecular complexity index is 282. The number of nitrogens with zero attached hydrogens (tertiary/aromatic N) is 2. The highest BCUT2D eigenvalue weighted by atomic mass is 15.1. The van der Waals surface area contributed by atoms with Crippen molar-refractivity contribution in [2.45, 2.75) is 65.0 Å². The molecule has 1 N–H and O–H groups in total. The molecule has 2 atom stereocenters. The molecule has 3 nitrogen and oxygen atoms in total. The van der Waals surface area contributed by atoms with Gasteiger partial charge in [-0.2, -0.15) is 5.26 Å². The number of piperidine rings is 1. The second-order valence-corrected chi connectivity index (χ2v) is 6.39. The first-order valence-corrected chi connectivity index (χ1v) is 7.36. The molecule has 0 aromatic rings. The third-order valence-electron chi connectivity index (χ3n) is 3.75. The fraction of sp³-hybridized carbons (Fsp3) is 0.933. The van der Waals surface area contributed by atoms with E-state index in [0.717, 1.165) is 25.3 Å². The van der Waals surface area contributed by atoms with E-state index in [1.165, 1.54) is 25.9 Å². The van der Waals surface area contributed by atoms with Gasteiger partial charge in [0.15, 0.2) is 0 Å². The number of nitrogens with one attached hydrogen (secondary N) is 1. The van der Waals surface area contributed by atoms with Crippen LogP contribution >= 0.6 is 0 Å². The lowest BCUT2D eigenvalue weighted by molar-refractivity contribution is 0.176. The van der Waals surface area contributed by atoms with Crippen LogP contribution in [0.1, 0.15) is 53.4 Å². The van der Waals surface area contributed by atoms with Crippen molar-refractivity contribution >= 4 is 0 Å². The maximum Gasteiger partial charge on any atom is 0.104 e. The fourth-order valence-electron chi connectivity index (χ4n) is 2.94. The van der Waals surface area contributed by atoms with Crippen LogP contribution in [0.15, 0.2) is 0 Å². The first-order valence-electron chi connectivity index (χ1n) is 7.36. The highest BCUT2D eigenvalue weighted by molar-refractivity contribution is 5.04. The molecule has 104 valence electrons. The molecule has 2 unspecified atom stereocenters. The van der Waals surface area contributed by atoms with E-state index >= 15 is 0 Å². The molecule has 1 aliphatic heterocycles. The molecule has 0 aromatic carbocycles. The molecular formula is C15H29N3. The summed E-state index contributed by atoms with van der Waals surface area (Å²) in [4.78, 5) is 2.56. The van der Waals surface area contributed by atoms with Crippen molar-refractivity contribution in [1.29, 1.82) is 5.26 Å². The molecule has 3 heteroatoms. The number of hydrogen-bond donors (Lipinski definition) is 1. The quantitative estimate of drug-likeness (QED) is 0.789. The third-order valence-corrected chi connectivity index (χ3v) is 3.75. The molecule has 0 aromatic heterocycles. The van der Waals surface area contributed by atoms with Crippen molar-refractivity contribution in [1.82, 2.24) is 10.2 Å². The summed E-state index contributed by atoms with van der Waals surface area (Å²) >= 11 is 0. The maximum atomic E-state index is 9.29. The predicted molar refractivity (Wildman–Crippen MR) is 76.4 cm³/mol. The summed E-state index contributed by atoms with van der Waals surface area (Å²) in [7, 11) is 0. The van der Waals surface area contributed by atoms with Crippen LogP contribution in [0.5, 0.6) is 0 Å². The van der Waals surface area contributed by atoms with Crippen molar-refractivity contribution in [3.8, 4) is 6.07 Å². The molecule has 1 saturated heterocycles. The minimum atomic E-state index is -0.366. The zero-order valence-electron chi connectivity index (χ0n) is 12.5. The lowest BCUT2D eigenvalue weighted by Gasteiger charge is -2.32. The second kappa shape index (κ2) is 7.11. The van der Waals surface area contributed by atoms with Crippen molar-refractivity contribution < 1.29 is 0 Å². The standard InChI is InChI=1S/C15H29N3/c1-13(2)17-15(4,12-16)8-6-10-18-9-5-7-14(3)11-18/h13-14,17H,5-11H2,1-4H3. The van der Waals surface area contributed by atoms with Gasteiger partial charge in [-0.25, -0.2) is 0 Å². The Morgan fingerprint density at radius 3 is 2.78 bits per heavy atom. The molecule has 0 saturated carbocycles. The van der Waals surface area contributed by atoms with Crippen LogP contribution < -0.4 is 5.32 Å². The fourth-order valence-corrected chi connectivity index (χ4v) is 2.94. The molecule has 1 rings (SSSR count). The van der Waals surface area contributed by atoms with Crippen molar-refractivity contribution in [3.63, 3.8) is 0 Å². The van der Waals surface area contributed by atoms with Gasteiger partial charge in [-0.15, -0.1) is 0 Å². The summed E-state index contributed by atoms with van der Waals surface area (Å²) in [6, 6.07) is 2.79. The molecule has 0 amide bonds. The zero-order valence-corrected chi connectivity index (χ0v) is 12.5. The van der Waals surface area contributed by atoms with Gasteiger partial charge in [-0.05, 0) is 65.5 Å². The Hall–Kier alpha value is -0.590. The molecular weight excluding hydrogens is 222 g/mol. The highest BCUT2D eigenvalue weighted by Gasteiger charge is 2.24. The van der Waals surface area contributed by atoms with Crippen molar-refractivity contribution in [2.24, 2.45) is 5.92 Å². The summed E-state index contributed by atoms with van der Waals surface area (Å²) in [5.74, 6) is 0.842. The van der Waals surface area contributed by atoms with Gasteiger partial charge in [-0.1, -0.05) is 6.92 Å². The van der Waals surface area contributed by atoms with Crippen LogP contribution in [0.4, 0.5) is 0 Å². The van der Waals surface area contributed by atoms with Gasteiger partial charge in [0.25, 0.3) is 0 Å². The molecule has 0 bridgehead atoms. The van der Waals surface area contributed by atoms with Crippen LogP contribution in [-0.2, 0) is 0 Å². The summed E-state index contributed by atoms with van der Waals surface area (Å²) in [5.41, 5.74) is -0.366. The van der Waals surface area contributed by atoms with Gasteiger partial charge >= 0.3 is 0 Å². The van der Waals surface area contributed by atoms with E-state index in [2.05, 4.69) is 37.1 Å². The lowest BCUT2D eigenvalue weighted by Crippen LogP contribution is -2.45. The smallest absolute Gasteiger partial charge is 0.104 e. The zero-order chi connectivity index (χ0) is 13.6. The van der Waals surface area contributed by atoms with Gasteiger partial charge in [0.2, 0.25) is 0 Å². The Morgan fingerprint density at radius 2 is 2.22 bits per heavy atom. The van der Waals surface area contributed by atoms with Gasteiger partial charge in [0.05, 0.1) is 6.07 Å². The molecule has 18 heavy (non-hydrogen) atoms. The molecule has 1 fully saturated rings. The first kappa shape index (κ1) is 15.5. The summed E-state index contributed by atoms with van der Waals surface area (Å²) in [6.45, 7) is 12.2. The molecule has 0 spiro atoms. The SMILES string of the molecule is CC1CCCN(CCCC(C)(C#N)NC(C)C)C1. The molecule has 0 aliphatic carbocycles. The van der Waals surface area contributed by atoms with Gasteiger partial charge in [0, 0.05) is 12.6 Å². The van der Waals surface area contributed by atoms with Gasteiger partial charge < -0.3 is 4.90 Å². The molecule has 1 heterocycles. The monoisotopic (exact) mass is 251 g/mol. The molecule has 1 aliphatic rings. The van der Waals surface area contributed by atoms with Crippen molar-refractivity contribution in [3.05, 3.63) is 0 Å². The summed E-state index contributed by atoms with van der Waals surface area (Å²) < 4.78 is 0. The number of hydrogen-bond acceptors (Lipinski definition) is 3. The number of nitriles is 1. The van der Waals surface area contributed by atoms with Crippen molar-refractivity contribution in [2.75, 3.05) is 19.6 Å². The van der Waals surface area contributed by atoms with E-state index in [4.69, 9.17) is 0 Å².